The Balaban J connectivity index is 2.05. The first-order valence-electron chi connectivity index (χ1n) is 7.76. The van der Waals surface area contributed by atoms with Crippen LogP contribution in [-0.4, -0.2) is 49.5 Å². The van der Waals surface area contributed by atoms with Crippen LogP contribution in [0.15, 0.2) is 6.33 Å². The normalized spacial score (nSPS) is 25.4. The van der Waals surface area contributed by atoms with E-state index in [1.54, 1.807) is 6.33 Å². The Kier molecular flexibility index (Phi) is 4.81. The fourth-order valence-corrected chi connectivity index (χ4v) is 3.02. The van der Waals surface area contributed by atoms with Crippen molar-refractivity contribution in [1.29, 1.82) is 0 Å². The van der Waals surface area contributed by atoms with Crippen molar-refractivity contribution in [1.82, 2.24) is 19.7 Å². The lowest BCUT2D eigenvalue weighted by Gasteiger charge is -2.28. The van der Waals surface area contributed by atoms with Gasteiger partial charge in [-0.15, -0.1) is 0 Å². The first-order chi connectivity index (χ1) is 9.41. The summed E-state index contributed by atoms with van der Waals surface area (Å²) in [7, 11) is 0. The van der Waals surface area contributed by atoms with E-state index in [0.29, 0.717) is 12.5 Å². The molecule has 5 nitrogen and oxygen atoms in total. The van der Waals surface area contributed by atoms with E-state index in [2.05, 4.69) is 42.7 Å². The molecule has 20 heavy (non-hydrogen) atoms. The molecule has 0 aromatic carbocycles. The molecule has 2 rings (SSSR count). The van der Waals surface area contributed by atoms with E-state index in [9.17, 15) is 5.11 Å². The number of hydrogen-bond acceptors (Lipinski definition) is 4. The van der Waals surface area contributed by atoms with Crippen LogP contribution in [-0.2, 0) is 6.42 Å². The number of aliphatic hydroxyl groups is 1. The van der Waals surface area contributed by atoms with E-state index in [-0.39, 0.29) is 6.04 Å². The summed E-state index contributed by atoms with van der Waals surface area (Å²) in [5.74, 6) is 0.903. The van der Waals surface area contributed by atoms with Gasteiger partial charge in [0.1, 0.15) is 12.2 Å². The molecule has 1 aromatic rings. The fourth-order valence-electron chi connectivity index (χ4n) is 3.02. The van der Waals surface area contributed by atoms with Gasteiger partial charge in [0.25, 0.3) is 0 Å². The molecule has 0 bridgehead atoms. The maximum atomic E-state index is 10.9. The fraction of sp³-hybridized carbons (Fsp3) is 0.867. The average Bonchev–Trinajstić information content (AvgIpc) is 2.72. The summed E-state index contributed by atoms with van der Waals surface area (Å²) in [6.45, 7) is 10.7. The second-order valence-corrected chi connectivity index (χ2v) is 6.60. The van der Waals surface area contributed by atoms with E-state index in [1.807, 2.05) is 4.68 Å². The second kappa shape index (κ2) is 6.22. The largest absolute Gasteiger partial charge is 0.389 e. The van der Waals surface area contributed by atoms with Crippen LogP contribution < -0.4 is 0 Å². The number of likely N-dealkylation sites (tertiary alicyclic amines) is 1. The van der Waals surface area contributed by atoms with Crippen LogP contribution in [0.2, 0.25) is 0 Å². The van der Waals surface area contributed by atoms with Crippen molar-refractivity contribution in [3.05, 3.63) is 12.2 Å². The Labute approximate surface area is 122 Å². The highest BCUT2D eigenvalue weighted by Crippen LogP contribution is 2.27. The minimum Gasteiger partial charge on any atom is -0.389 e. The van der Waals surface area contributed by atoms with Gasteiger partial charge < -0.3 is 10.0 Å². The summed E-state index contributed by atoms with van der Waals surface area (Å²) in [6, 6.07) is 0.839. The summed E-state index contributed by atoms with van der Waals surface area (Å²) in [5.41, 5.74) is -0.636. The zero-order valence-electron chi connectivity index (χ0n) is 13.2. The van der Waals surface area contributed by atoms with Crippen molar-refractivity contribution in [3.63, 3.8) is 0 Å². The molecule has 1 fully saturated rings. The Hall–Kier alpha value is -0.940. The number of rotatable bonds is 4. The van der Waals surface area contributed by atoms with Crippen LogP contribution in [0.25, 0.3) is 0 Å². The third-order valence-electron chi connectivity index (χ3n) is 4.31. The van der Waals surface area contributed by atoms with Crippen LogP contribution in [0.1, 0.15) is 58.8 Å². The van der Waals surface area contributed by atoms with Crippen molar-refractivity contribution >= 4 is 0 Å². The van der Waals surface area contributed by atoms with Crippen molar-refractivity contribution < 1.29 is 5.11 Å². The second-order valence-electron chi connectivity index (χ2n) is 6.60. The molecule has 1 N–H and O–H groups in total. The Morgan fingerprint density at radius 2 is 1.95 bits per heavy atom. The lowest BCUT2D eigenvalue weighted by Crippen LogP contribution is -2.36. The molecule has 0 saturated carbocycles. The zero-order chi connectivity index (χ0) is 14.8. The van der Waals surface area contributed by atoms with Crippen LogP contribution in [0, 0.1) is 0 Å². The van der Waals surface area contributed by atoms with Crippen molar-refractivity contribution in [2.24, 2.45) is 0 Å². The monoisotopic (exact) mass is 280 g/mol. The summed E-state index contributed by atoms with van der Waals surface area (Å²) in [5, 5.41) is 15.2. The average molecular weight is 280 g/mol. The minimum absolute atomic E-state index is 0.286. The topological polar surface area (TPSA) is 54.2 Å². The number of hydrogen-bond donors (Lipinski definition) is 1. The molecule has 0 radical (unpaired) electrons. The third-order valence-corrected chi connectivity index (χ3v) is 4.31. The molecular weight excluding hydrogens is 252 g/mol. The maximum Gasteiger partial charge on any atom is 0.138 e. The smallest absolute Gasteiger partial charge is 0.138 e. The van der Waals surface area contributed by atoms with Gasteiger partial charge in [0.05, 0.1) is 5.60 Å². The van der Waals surface area contributed by atoms with Gasteiger partial charge >= 0.3 is 0 Å². The Morgan fingerprint density at radius 1 is 1.20 bits per heavy atom. The predicted molar refractivity (Wildman–Crippen MR) is 79.6 cm³/mol. The highest BCUT2D eigenvalue weighted by Gasteiger charge is 2.32. The molecule has 0 amide bonds. The molecule has 1 atom stereocenters. The number of aromatic nitrogens is 3. The van der Waals surface area contributed by atoms with Gasteiger partial charge in [0, 0.05) is 25.0 Å². The molecule has 1 aromatic heterocycles. The van der Waals surface area contributed by atoms with Crippen LogP contribution >= 0.6 is 0 Å². The Morgan fingerprint density at radius 3 is 2.60 bits per heavy atom. The number of nitrogens with zero attached hydrogens (tertiary/aromatic N) is 4. The lowest BCUT2D eigenvalue weighted by molar-refractivity contribution is 0.0218. The van der Waals surface area contributed by atoms with Crippen LogP contribution in [0.3, 0.4) is 0 Å². The third kappa shape index (κ3) is 3.58. The van der Waals surface area contributed by atoms with Gasteiger partial charge in [-0.05, 0) is 53.5 Å². The van der Waals surface area contributed by atoms with E-state index in [0.717, 1.165) is 38.2 Å². The zero-order valence-corrected chi connectivity index (χ0v) is 13.2. The molecule has 1 unspecified atom stereocenters. The maximum absolute atomic E-state index is 10.9. The van der Waals surface area contributed by atoms with Gasteiger partial charge in [-0.2, -0.15) is 5.10 Å². The summed E-state index contributed by atoms with van der Waals surface area (Å²) >= 11 is 0. The quantitative estimate of drug-likeness (QED) is 0.917. The predicted octanol–water partition coefficient (Wildman–Crippen LogP) is 2.03. The first-order valence-corrected chi connectivity index (χ1v) is 7.76. The summed E-state index contributed by atoms with van der Waals surface area (Å²) in [4.78, 5) is 6.79. The molecule has 1 saturated heterocycles. The highest BCUT2D eigenvalue weighted by atomic mass is 16.3. The lowest BCUT2D eigenvalue weighted by atomic mass is 9.91. The summed E-state index contributed by atoms with van der Waals surface area (Å²) < 4.78 is 1.92. The SMILES string of the molecule is CC(C)N1CCCC(O)(Cc2ncnn2C(C)C)CC1. The highest BCUT2D eigenvalue weighted by molar-refractivity contribution is 4.97. The molecule has 0 aliphatic carbocycles. The Bertz CT molecular complexity index is 429. The molecule has 1 aliphatic heterocycles. The van der Waals surface area contributed by atoms with Crippen molar-refractivity contribution in [2.45, 2.75) is 71.1 Å². The molecule has 2 heterocycles. The molecule has 0 spiro atoms. The molecule has 5 heteroatoms. The van der Waals surface area contributed by atoms with E-state index in [4.69, 9.17) is 0 Å². The first kappa shape index (κ1) is 15.4. The van der Waals surface area contributed by atoms with Gasteiger partial charge in [0.15, 0.2) is 0 Å². The van der Waals surface area contributed by atoms with Crippen LogP contribution in [0.5, 0.6) is 0 Å². The van der Waals surface area contributed by atoms with Gasteiger partial charge in [0.2, 0.25) is 0 Å². The van der Waals surface area contributed by atoms with Crippen LogP contribution in [0.4, 0.5) is 0 Å². The molecular formula is C15H28N4O. The minimum atomic E-state index is -0.636. The van der Waals surface area contributed by atoms with Gasteiger partial charge in [-0.25, -0.2) is 9.67 Å². The van der Waals surface area contributed by atoms with Gasteiger partial charge in [-0.1, -0.05) is 0 Å². The standard InChI is InChI=1S/C15H28N4O/c1-12(2)18-8-5-6-15(20,7-9-18)10-14-16-11-17-19(14)13(3)4/h11-13,20H,5-10H2,1-4H3. The molecule has 1 aliphatic rings. The van der Waals surface area contributed by atoms with E-state index in [1.165, 1.54) is 0 Å². The van der Waals surface area contributed by atoms with Crippen molar-refractivity contribution in [3.8, 4) is 0 Å². The van der Waals surface area contributed by atoms with Crippen molar-refractivity contribution in [2.75, 3.05) is 13.1 Å². The van der Waals surface area contributed by atoms with E-state index >= 15 is 0 Å². The van der Waals surface area contributed by atoms with Gasteiger partial charge in [-0.3, -0.25) is 0 Å². The summed E-state index contributed by atoms with van der Waals surface area (Å²) in [6.07, 6.45) is 4.91. The van der Waals surface area contributed by atoms with E-state index < -0.39 is 5.60 Å². The molecule has 114 valence electrons.